The maximum absolute atomic E-state index is 13.5. The molecule has 4 nitrogen and oxygen atoms in total. The molecule has 0 bridgehead atoms. The van der Waals surface area contributed by atoms with Crippen molar-refractivity contribution in [2.24, 2.45) is 5.73 Å². The van der Waals surface area contributed by atoms with Crippen LogP contribution in [0.4, 0.5) is 10.2 Å². The van der Waals surface area contributed by atoms with Gasteiger partial charge in [-0.25, -0.2) is 9.37 Å². The van der Waals surface area contributed by atoms with Crippen LogP contribution in [0.5, 0.6) is 0 Å². The number of nitrogens with zero attached hydrogens (tertiary/aromatic N) is 2. The van der Waals surface area contributed by atoms with Crippen LogP contribution in [0.25, 0.3) is 10.8 Å². The van der Waals surface area contributed by atoms with E-state index in [-0.39, 0.29) is 18.0 Å². The molecule has 5 heteroatoms. The minimum atomic E-state index is -0.247. The monoisotopic (exact) mass is 275 g/mol. The number of halogens is 1. The summed E-state index contributed by atoms with van der Waals surface area (Å²) in [5.74, 6) is 0.555. The molecule has 1 aliphatic rings. The van der Waals surface area contributed by atoms with Crippen molar-refractivity contribution in [1.29, 1.82) is 0 Å². The standard InChI is InChI=1S/C15H18FN3O/c1-20-14-9-19(7-5-13(14)17)15-12-8-11(16)3-2-10(12)4-6-18-15/h2-4,6,8,13-14H,5,7,9,17H2,1H3. The molecule has 2 aromatic rings. The lowest BCUT2D eigenvalue weighted by Gasteiger charge is -2.37. The smallest absolute Gasteiger partial charge is 0.136 e. The predicted molar refractivity (Wildman–Crippen MR) is 77.3 cm³/mol. The fraction of sp³-hybridized carbons (Fsp3) is 0.400. The summed E-state index contributed by atoms with van der Waals surface area (Å²) >= 11 is 0. The number of hydrogen-bond acceptors (Lipinski definition) is 4. The van der Waals surface area contributed by atoms with Gasteiger partial charge in [0, 0.05) is 37.8 Å². The Labute approximate surface area is 117 Å². The topological polar surface area (TPSA) is 51.4 Å². The van der Waals surface area contributed by atoms with Gasteiger partial charge in [0.15, 0.2) is 0 Å². The fourth-order valence-electron chi connectivity index (χ4n) is 2.75. The number of fused-ring (bicyclic) bond motifs is 1. The molecular weight excluding hydrogens is 257 g/mol. The van der Waals surface area contributed by atoms with Crippen molar-refractivity contribution >= 4 is 16.6 Å². The van der Waals surface area contributed by atoms with E-state index in [1.807, 2.05) is 6.07 Å². The first-order valence-corrected chi connectivity index (χ1v) is 6.76. The first-order chi connectivity index (χ1) is 9.69. The minimum Gasteiger partial charge on any atom is -0.378 e. The van der Waals surface area contributed by atoms with E-state index >= 15 is 0 Å². The summed E-state index contributed by atoms with van der Waals surface area (Å²) in [5.41, 5.74) is 6.03. The van der Waals surface area contributed by atoms with E-state index in [0.29, 0.717) is 6.54 Å². The van der Waals surface area contributed by atoms with E-state index in [1.165, 1.54) is 12.1 Å². The van der Waals surface area contributed by atoms with Crippen molar-refractivity contribution in [3.8, 4) is 0 Å². The summed E-state index contributed by atoms with van der Waals surface area (Å²) in [7, 11) is 1.67. The minimum absolute atomic E-state index is 0.0191. The number of hydrogen-bond donors (Lipinski definition) is 1. The molecule has 1 saturated heterocycles. The zero-order valence-electron chi connectivity index (χ0n) is 11.4. The molecule has 1 aromatic carbocycles. The van der Waals surface area contributed by atoms with Crippen molar-refractivity contribution in [1.82, 2.24) is 4.98 Å². The molecule has 1 aromatic heterocycles. The van der Waals surface area contributed by atoms with Crippen LogP contribution in [0, 0.1) is 5.82 Å². The van der Waals surface area contributed by atoms with Gasteiger partial charge in [0.25, 0.3) is 0 Å². The number of methoxy groups -OCH3 is 1. The maximum atomic E-state index is 13.5. The molecule has 0 aliphatic carbocycles. The molecule has 0 amide bonds. The number of aromatic nitrogens is 1. The third-order valence-corrected chi connectivity index (χ3v) is 3.92. The lowest BCUT2D eigenvalue weighted by atomic mass is 10.0. The Kier molecular flexibility index (Phi) is 3.54. The molecule has 1 aliphatic heterocycles. The van der Waals surface area contributed by atoms with Crippen LogP contribution in [0.1, 0.15) is 6.42 Å². The van der Waals surface area contributed by atoms with Crippen molar-refractivity contribution in [2.45, 2.75) is 18.6 Å². The highest BCUT2D eigenvalue weighted by molar-refractivity contribution is 5.92. The number of benzene rings is 1. The first kappa shape index (κ1) is 13.3. The summed E-state index contributed by atoms with van der Waals surface area (Å²) in [6.07, 6.45) is 2.58. The number of piperidine rings is 1. The number of ether oxygens (including phenoxy) is 1. The van der Waals surface area contributed by atoms with E-state index in [4.69, 9.17) is 10.5 Å². The van der Waals surface area contributed by atoms with Crippen LogP contribution >= 0.6 is 0 Å². The van der Waals surface area contributed by atoms with Crippen LogP contribution in [-0.4, -0.2) is 37.3 Å². The van der Waals surface area contributed by atoms with Crippen LogP contribution in [0.15, 0.2) is 30.5 Å². The van der Waals surface area contributed by atoms with Gasteiger partial charge < -0.3 is 15.4 Å². The highest BCUT2D eigenvalue weighted by Gasteiger charge is 2.27. The van der Waals surface area contributed by atoms with Gasteiger partial charge >= 0.3 is 0 Å². The Balaban J connectivity index is 1.99. The third-order valence-electron chi connectivity index (χ3n) is 3.92. The van der Waals surface area contributed by atoms with Crippen LogP contribution in [0.2, 0.25) is 0 Å². The normalized spacial score (nSPS) is 23.2. The van der Waals surface area contributed by atoms with Crippen molar-refractivity contribution in [2.75, 3.05) is 25.1 Å². The molecule has 1 fully saturated rings. The zero-order chi connectivity index (χ0) is 14.1. The Bertz CT molecular complexity index is 619. The van der Waals surface area contributed by atoms with Gasteiger partial charge in [-0.15, -0.1) is 0 Å². The molecule has 0 saturated carbocycles. The zero-order valence-corrected chi connectivity index (χ0v) is 11.4. The largest absolute Gasteiger partial charge is 0.378 e. The van der Waals surface area contributed by atoms with Gasteiger partial charge in [-0.2, -0.15) is 0 Å². The Hall–Kier alpha value is -1.72. The molecule has 0 spiro atoms. The molecule has 2 N–H and O–H groups in total. The molecule has 106 valence electrons. The second-order valence-corrected chi connectivity index (χ2v) is 5.17. The van der Waals surface area contributed by atoms with Crippen LogP contribution in [0.3, 0.4) is 0 Å². The van der Waals surface area contributed by atoms with Gasteiger partial charge in [0.2, 0.25) is 0 Å². The van der Waals surface area contributed by atoms with Crippen molar-refractivity contribution < 1.29 is 9.13 Å². The first-order valence-electron chi connectivity index (χ1n) is 6.76. The number of nitrogens with two attached hydrogens (primary N) is 1. The van der Waals surface area contributed by atoms with E-state index in [2.05, 4.69) is 9.88 Å². The summed E-state index contributed by atoms with van der Waals surface area (Å²) in [4.78, 5) is 6.55. The lowest BCUT2D eigenvalue weighted by molar-refractivity contribution is 0.0729. The average Bonchev–Trinajstić information content (AvgIpc) is 2.47. The van der Waals surface area contributed by atoms with E-state index in [0.717, 1.165) is 29.6 Å². The lowest BCUT2D eigenvalue weighted by Crippen LogP contribution is -2.51. The third kappa shape index (κ3) is 2.34. The highest BCUT2D eigenvalue weighted by Crippen LogP contribution is 2.27. The van der Waals surface area contributed by atoms with Gasteiger partial charge in [-0.05, 0) is 30.0 Å². The predicted octanol–water partition coefficient (Wildman–Crippen LogP) is 1.93. The highest BCUT2D eigenvalue weighted by atomic mass is 19.1. The number of anilines is 1. The van der Waals surface area contributed by atoms with Crippen LogP contribution in [-0.2, 0) is 4.74 Å². The Morgan fingerprint density at radius 3 is 3.05 bits per heavy atom. The molecule has 2 unspecified atom stereocenters. The molecule has 20 heavy (non-hydrogen) atoms. The van der Waals surface area contributed by atoms with Crippen molar-refractivity contribution in [3.05, 3.63) is 36.3 Å². The summed E-state index contributed by atoms with van der Waals surface area (Å²) in [6, 6.07) is 6.72. The van der Waals surface area contributed by atoms with Gasteiger partial charge in [-0.3, -0.25) is 0 Å². The SMILES string of the molecule is COC1CN(c2nccc3ccc(F)cc23)CCC1N. The van der Waals surface area contributed by atoms with E-state index in [1.54, 1.807) is 19.4 Å². The number of pyridine rings is 1. The summed E-state index contributed by atoms with van der Waals surface area (Å²) in [6.45, 7) is 1.49. The summed E-state index contributed by atoms with van der Waals surface area (Å²) in [5, 5.41) is 1.82. The Morgan fingerprint density at radius 1 is 1.40 bits per heavy atom. The maximum Gasteiger partial charge on any atom is 0.136 e. The fourth-order valence-corrected chi connectivity index (χ4v) is 2.75. The van der Waals surface area contributed by atoms with E-state index in [9.17, 15) is 4.39 Å². The quantitative estimate of drug-likeness (QED) is 0.910. The van der Waals surface area contributed by atoms with Crippen LogP contribution < -0.4 is 10.6 Å². The molecule has 0 radical (unpaired) electrons. The summed E-state index contributed by atoms with van der Waals surface area (Å²) < 4.78 is 18.9. The van der Waals surface area contributed by atoms with Gasteiger partial charge in [0.05, 0.1) is 6.10 Å². The average molecular weight is 275 g/mol. The van der Waals surface area contributed by atoms with Gasteiger partial charge in [0.1, 0.15) is 11.6 Å². The number of rotatable bonds is 2. The molecule has 2 atom stereocenters. The second-order valence-electron chi connectivity index (χ2n) is 5.17. The molecule has 2 heterocycles. The molecular formula is C15H18FN3O. The molecule has 3 rings (SSSR count). The van der Waals surface area contributed by atoms with Gasteiger partial charge in [-0.1, -0.05) is 6.07 Å². The van der Waals surface area contributed by atoms with Crippen molar-refractivity contribution in [3.63, 3.8) is 0 Å². The Morgan fingerprint density at radius 2 is 2.25 bits per heavy atom. The van der Waals surface area contributed by atoms with E-state index < -0.39 is 0 Å². The second kappa shape index (κ2) is 5.34.